The summed E-state index contributed by atoms with van der Waals surface area (Å²) in [6, 6.07) is 13.9. The number of imidazole rings is 1. The fourth-order valence-corrected chi connectivity index (χ4v) is 3.88. The van der Waals surface area contributed by atoms with Crippen LogP contribution in [0.25, 0.3) is 16.7 Å². The molecule has 1 unspecified atom stereocenters. The molecule has 0 aliphatic carbocycles. The van der Waals surface area contributed by atoms with Crippen LogP contribution >= 0.6 is 11.8 Å². The van der Waals surface area contributed by atoms with Crippen LogP contribution in [0, 0.1) is 27.4 Å². The first-order valence-corrected chi connectivity index (χ1v) is 10.8. The van der Waals surface area contributed by atoms with E-state index in [-0.39, 0.29) is 23.3 Å². The number of nitro benzene ring substituents is 1. The van der Waals surface area contributed by atoms with Gasteiger partial charge in [-0.25, -0.2) is 4.98 Å². The number of nitriles is 1. The number of benzene rings is 2. The molecule has 10 heteroatoms. The molecule has 0 radical (unpaired) electrons. The molecule has 1 aromatic heterocycles. The van der Waals surface area contributed by atoms with E-state index >= 15 is 0 Å². The number of fused-ring (bicyclic) bond motifs is 1. The lowest BCUT2D eigenvalue weighted by molar-refractivity contribution is -0.384. The molecule has 166 valence electrons. The molecule has 1 heterocycles. The molecule has 0 fully saturated rings. The number of methoxy groups -OCH3 is 1. The zero-order valence-corrected chi connectivity index (χ0v) is 19.0. The molecule has 0 saturated carbocycles. The number of carbonyl (C=O) groups is 1. The average Bonchev–Trinajstić information content (AvgIpc) is 3.14. The normalized spacial score (nSPS) is 12.9. The molecular formula is C22H23N5O4S. The van der Waals surface area contributed by atoms with Crippen LogP contribution < -0.4 is 10.1 Å². The van der Waals surface area contributed by atoms with Gasteiger partial charge < -0.3 is 10.1 Å². The second-order valence-electron chi connectivity index (χ2n) is 7.64. The van der Waals surface area contributed by atoms with Crippen molar-refractivity contribution in [3.05, 3.63) is 52.6 Å². The van der Waals surface area contributed by atoms with Crippen LogP contribution in [0.4, 0.5) is 5.69 Å². The van der Waals surface area contributed by atoms with Crippen molar-refractivity contribution >= 4 is 34.4 Å². The van der Waals surface area contributed by atoms with Crippen LogP contribution in [0.3, 0.4) is 0 Å². The summed E-state index contributed by atoms with van der Waals surface area (Å²) in [4.78, 5) is 27.9. The Hall–Kier alpha value is -3.58. The fourth-order valence-electron chi connectivity index (χ4n) is 3.06. The smallest absolute Gasteiger partial charge is 0.271 e. The van der Waals surface area contributed by atoms with Crippen molar-refractivity contribution in [1.82, 2.24) is 14.9 Å². The van der Waals surface area contributed by atoms with Crippen molar-refractivity contribution in [3.8, 4) is 17.5 Å². The average molecular weight is 454 g/mol. The number of nitro groups is 1. The maximum Gasteiger partial charge on any atom is 0.271 e. The molecule has 1 amide bonds. The number of nitrogens with one attached hydrogen (secondary N) is 1. The molecule has 3 rings (SSSR count). The van der Waals surface area contributed by atoms with Gasteiger partial charge in [0.05, 0.1) is 40.6 Å². The largest absolute Gasteiger partial charge is 0.495 e. The quantitative estimate of drug-likeness (QED) is 0.309. The predicted molar refractivity (Wildman–Crippen MR) is 122 cm³/mol. The SMILES string of the molecule is COc1ccccc1-n1c(SCC(=O)NC(C)(C#N)C(C)C)nc2cc([N+](=O)[O-])ccc21. The highest BCUT2D eigenvalue weighted by molar-refractivity contribution is 7.99. The van der Waals surface area contributed by atoms with Gasteiger partial charge in [0, 0.05) is 12.1 Å². The van der Waals surface area contributed by atoms with Gasteiger partial charge in [0.2, 0.25) is 5.91 Å². The Bertz CT molecular complexity index is 1220. The molecular weight excluding hydrogens is 430 g/mol. The number of non-ortho nitro benzene ring substituents is 1. The number of rotatable bonds is 8. The van der Waals surface area contributed by atoms with Crippen LogP contribution in [-0.2, 0) is 4.79 Å². The lowest BCUT2D eigenvalue weighted by atomic mass is 9.90. The number of ether oxygens (including phenoxy) is 1. The van der Waals surface area contributed by atoms with Crippen molar-refractivity contribution in [2.45, 2.75) is 31.5 Å². The second-order valence-corrected chi connectivity index (χ2v) is 8.58. The number of thioether (sulfide) groups is 1. The van der Waals surface area contributed by atoms with Gasteiger partial charge in [-0.05, 0) is 31.0 Å². The molecule has 2 aromatic carbocycles. The maximum absolute atomic E-state index is 12.6. The van der Waals surface area contributed by atoms with Gasteiger partial charge in [-0.3, -0.25) is 19.5 Å². The Labute approximate surface area is 189 Å². The Kier molecular flexibility index (Phi) is 6.69. The molecule has 1 atom stereocenters. The second kappa shape index (κ2) is 9.28. The van der Waals surface area contributed by atoms with Crippen LogP contribution in [0.5, 0.6) is 5.75 Å². The summed E-state index contributed by atoms with van der Waals surface area (Å²) >= 11 is 1.18. The Morgan fingerprint density at radius 3 is 2.72 bits per heavy atom. The van der Waals surface area contributed by atoms with E-state index in [0.29, 0.717) is 27.6 Å². The van der Waals surface area contributed by atoms with Gasteiger partial charge in [-0.1, -0.05) is 37.7 Å². The summed E-state index contributed by atoms with van der Waals surface area (Å²) in [5, 5.41) is 23.9. The third-order valence-electron chi connectivity index (χ3n) is 5.26. The van der Waals surface area contributed by atoms with Gasteiger partial charge >= 0.3 is 0 Å². The number of carbonyl (C=O) groups excluding carboxylic acids is 1. The first kappa shape index (κ1) is 23.1. The summed E-state index contributed by atoms with van der Waals surface area (Å²) in [5.74, 6) is 0.232. The molecule has 1 N–H and O–H groups in total. The summed E-state index contributed by atoms with van der Waals surface area (Å²) in [6.45, 7) is 5.42. The summed E-state index contributed by atoms with van der Waals surface area (Å²) in [7, 11) is 1.55. The highest BCUT2D eigenvalue weighted by Gasteiger charge is 2.30. The molecule has 0 spiro atoms. The van der Waals surface area contributed by atoms with Crippen LogP contribution in [-0.4, -0.2) is 38.8 Å². The van der Waals surface area contributed by atoms with Gasteiger partial charge in [0.1, 0.15) is 11.3 Å². The standard InChI is InChI=1S/C22H23N5O4S/c1-14(2)22(3,13-23)25-20(28)12-32-21-24-16-11-15(27(29)30)9-10-17(16)26(21)18-7-5-6-8-19(18)31-4/h5-11,14H,12H2,1-4H3,(H,25,28). The number of hydrogen-bond donors (Lipinski definition) is 1. The molecule has 0 aliphatic heterocycles. The van der Waals surface area contributed by atoms with Crippen LogP contribution in [0.1, 0.15) is 20.8 Å². The molecule has 0 aliphatic rings. The fraction of sp³-hybridized carbons (Fsp3) is 0.318. The Balaban J connectivity index is 2.01. The zero-order chi connectivity index (χ0) is 23.5. The Morgan fingerprint density at radius 1 is 1.38 bits per heavy atom. The lowest BCUT2D eigenvalue weighted by Crippen LogP contribution is -2.49. The van der Waals surface area contributed by atoms with E-state index in [9.17, 15) is 20.2 Å². The summed E-state index contributed by atoms with van der Waals surface area (Å²) < 4.78 is 7.29. The topological polar surface area (TPSA) is 123 Å². The van der Waals surface area contributed by atoms with Crippen molar-refractivity contribution in [1.29, 1.82) is 5.26 Å². The van der Waals surface area contributed by atoms with Crippen molar-refractivity contribution in [2.24, 2.45) is 5.92 Å². The van der Waals surface area contributed by atoms with Crippen LogP contribution in [0.2, 0.25) is 0 Å². The predicted octanol–water partition coefficient (Wildman–Crippen LogP) is 4.09. The minimum Gasteiger partial charge on any atom is -0.495 e. The van der Waals surface area contributed by atoms with E-state index in [0.717, 1.165) is 0 Å². The molecule has 0 saturated heterocycles. The van der Waals surface area contributed by atoms with E-state index in [1.807, 2.05) is 36.6 Å². The van der Waals surface area contributed by atoms with Gasteiger partial charge in [-0.15, -0.1) is 0 Å². The van der Waals surface area contributed by atoms with Crippen LogP contribution in [0.15, 0.2) is 47.6 Å². The van der Waals surface area contributed by atoms with Crippen molar-refractivity contribution in [2.75, 3.05) is 12.9 Å². The van der Waals surface area contributed by atoms with E-state index in [2.05, 4.69) is 16.4 Å². The summed E-state index contributed by atoms with van der Waals surface area (Å²) in [6.07, 6.45) is 0. The molecule has 3 aromatic rings. The minimum absolute atomic E-state index is 0.0184. The first-order valence-electron chi connectivity index (χ1n) is 9.85. The van der Waals surface area contributed by atoms with E-state index in [4.69, 9.17) is 4.74 Å². The lowest BCUT2D eigenvalue weighted by Gasteiger charge is -2.27. The number of hydrogen-bond acceptors (Lipinski definition) is 7. The third kappa shape index (κ3) is 4.53. The minimum atomic E-state index is -0.985. The number of nitrogens with zero attached hydrogens (tertiary/aromatic N) is 4. The van der Waals surface area contributed by atoms with Crippen molar-refractivity contribution < 1.29 is 14.5 Å². The molecule has 0 bridgehead atoms. The first-order chi connectivity index (χ1) is 15.2. The third-order valence-corrected chi connectivity index (χ3v) is 6.20. The van der Waals surface area contributed by atoms with E-state index in [1.54, 1.807) is 26.2 Å². The van der Waals surface area contributed by atoms with E-state index < -0.39 is 10.5 Å². The number of aromatic nitrogens is 2. The maximum atomic E-state index is 12.6. The zero-order valence-electron chi connectivity index (χ0n) is 18.2. The summed E-state index contributed by atoms with van der Waals surface area (Å²) in [5.41, 5.74) is 0.710. The molecule has 9 nitrogen and oxygen atoms in total. The van der Waals surface area contributed by atoms with Gasteiger partial charge in [-0.2, -0.15) is 5.26 Å². The molecule has 32 heavy (non-hydrogen) atoms. The monoisotopic (exact) mass is 453 g/mol. The highest BCUT2D eigenvalue weighted by Crippen LogP contribution is 2.33. The number of amides is 1. The van der Waals surface area contributed by atoms with Crippen molar-refractivity contribution in [3.63, 3.8) is 0 Å². The van der Waals surface area contributed by atoms with Gasteiger partial charge in [0.25, 0.3) is 5.69 Å². The highest BCUT2D eigenvalue weighted by atomic mass is 32.2. The number of para-hydroxylation sites is 2. The van der Waals surface area contributed by atoms with E-state index in [1.165, 1.54) is 23.9 Å². The Morgan fingerprint density at radius 2 is 2.09 bits per heavy atom. The van der Waals surface area contributed by atoms with Gasteiger partial charge in [0.15, 0.2) is 5.16 Å².